The molecule has 11 heteroatoms. The maximum atomic E-state index is 14.2. The van der Waals surface area contributed by atoms with Gasteiger partial charge in [-0.1, -0.05) is 34.1 Å². The number of benzene rings is 1. The molecular weight excluding hydrogens is 402 g/mol. The molecule has 1 unspecified atom stereocenters. The van der Waals surface area contributed by atoms with E-state index in [-0.39, 0.29) is 6.07 Å². The van der Waals surface area contributed by atoms with Crippen molar-refractivity contribution in [1.29, 1.82) is 0 Å². The summed E-state index contributed by atoms with van der Waals surface area (Å²) < 4.78 is 128. The number of hydrogen-bond donors (Lipinski definition) is 0. The molecule has 0 nitrogen and oxygen atoms in total. The molecule has 0 N–H and O–H groups in total. The van der Waals surface area contributed by atoms with Crippen LogP contribution in [0.4, 0.5) is 43.9 Å². The highest BCUT2D eigenvalue weighted by Gasteiger charge is 2.83. The summed E-state index contributed by atoms with van der Waals surface area (Å²) in [5, 5.41) is 0. The molecule has 1 rings (SSSR count). The summed E-state index contributed by atoms with van der Waals surface area (Å²) in [5.74, 6) is -13.8. The Morgan fingerprint density at radius 3 is 1.59 bits per heavy atom. The average Bonchev–Trinajstić information content (AvgIpc) is 2.36. The van der Waals surface area contributed by atoms with Gasteiger partial charge >= 0.3 is 18.0 Å². The number of alkyl halides is 10. The van der Waals surface area contributed by atoms with Crippen molar-refractivity contribution in [2.45, 2.75) is 30.1 Å². The standard InChI is InChI=1S/C11H5BrF10/c12-6-4-2-1-3-5(6)8(15,7(13)14)9(16,17)10(18,19)11(20,21)22/h1-4,7H. The average molecular weight is 407 g/mol. The highest BCUT2D eigenvalue weighted by atomic mass is 79.9. The summed E-state index contributed by atoms with van der Waals surface area (Å²) in [6, 6.07) is 2.78. The third-order valence-corrected chi connectivity index (χ3v) is 3.47. The van der Waals surface area contributed by atoms with Crippen LogP contribution in [0.3, 0.4) is 0 Å². The van der Waals surface area contributed by atoms with Crippen LogP contribution < -0.4 is 0 Å². The Hall–Kier alpha value is -1.00. The molecule has 1 aromatic rings. The molecular formula is C11H5BrF10. The molecule has 0 fully saturated rings. The van der Waals surface area contributed by atoms with Crippen LogP contribution in [0.1, 0.15) is 5.56 Å². The van der Waals surface area contributed by atoms with Crippen molar-refractivity contribution < 1.29 is 43.9 Å². The second-order valence-electron chi connectivity index (χ2n) is 4.14. The van der Waals surface area contributed by atoms with Gasteiger partial charge in [0, 0.05) is 10.0 Å². The first-order valence-electron chi connectivity index (χ1n) is 5.25. The van der Waals surface area contributed by atoms with Crippen molar-refractivity contribution in [3.63, 3.8) is 0 Å². The molecule has 0 heterocycles. The summed E-state index contributed by atoms with van der Waals surface area (Å²) in [7, 11) is 0. The van der Waals surface area contributed by atoms with E-state index in [1.54, 1.807) is 0 Å². The van der Waals surface area contributed by atoms with Gasteiger partial charge in [-0.05, 0) is 6.07 Å². The summed E-state index contributed by atoms with van der Waals surface area (Å²) in [4.78, 5) is 0. The topological polar surface area (TPSA) is 0 Å². The van der Waals surface area contributed by atoms with Gasteiger partial charge in [0.1, 0.15) is 0 Å². The van der Waals surface area contributed by atoms with Crippen LogP contribution >= 0.6 is 15.9 Å². The third-order valence-electron chi connectivity index (χ3n) is 2.77. The minimum absolute atomic E-state index is 0.261. The monoisotopic (exact) mass is 406 g/mol. The van der Waals surface area contributed by atoms with Crippen LogP contribution in [0.25, 0.3) is 0 Å². The first-order chi connectivity index (χ1) is 9.71. The lowest BCUT2D eigenvalue weighted by atomic mass is 9.85. The first kappa shape index (κ1) is 19.0. The van der Waals surface area contributed by atoms with Gasteiger partial charge in [0.2, 0.25) is 0 Å². The van der Waals surface area contributed by atoms with Gasteiger partial charge in [-0.25, -0.2) is 13.2 Å². The molecule has 0 aliphatic carbocycles. The fourth-order valence-corrected chi connectivity index (χ4v) is 2.16. The molecule has 1 aromatic carbocycles. The lowest BCUT2D eigenvalue weighted by molar-refractivity contribution is -0.392. The minimum Gasteiger partial charge on any atom is -0.225 e. The lowest BCUT2D eigenvalue weighted by Gasteiger charge is -2.38. The van der Waals surface area contributed by atoms with Crippen molar-refractivity contribution in [2.24, 2.45) is 0 Å². The summed E-state index contributed by atoms with van der Waals surface area (Å²) >= 11 is 2.38. The largest absolute Gasteiger partial charge is 0.460 e. The van der Waals surface area contributed by atoms with Crippen molar-refractivity contribution in [1.82, 2.24) is 0 Å². The summed E-state index contributed by atoms with van der Waals surface area (Å²) in [6.45, 7) is 0. The molecule has 22 heavy (non-hydrogen) atoms. The molecule has 0 amide bonds. The van der Waals surface area contributed by atoms with Crippen molar-refractivity contribution in [3.8, 4) is 0 Å². The fourth-order valence-electron chi connectivity index (χ4n) is 1.59. The van der Waals surface area contributed by atoms with Gasteiger partial charge in [0.05, 0.1) is 0 Å². The van der Waals surface area contributed by atoms with E-state index in [0.717, 1.165) is 18.2 Å². The molecule has 0 aliphatic heterocycles. The lowest BCUT2D eigenvalue weighted by Crippen LogP contribution is -2.63. The van der Waals surface area contributed by atoms with E-state index in [0.29, 0.717) is 0 Å². The predicted octanol–water partition coefficient (Wildman–Crippen LogP) is 5.71. The maximum Gasteiger partial charge on any atom is 0.460 e. The van der Waals surface area contributed by atoms with Gasteiger partial charge < -0.3 is 0 Å². The van der Waals surface area contributed by atoms with Crippen molar-refractivity contribution in [3.05, 3.63) is 34.3 Å². The minimum atomic E-state index is -7.01. The van der Waals surface area contributed by atoms with Gasteiger partial charge in [0.15, 0.2) is 0 Å². The Morgan fingerprint density at radius 2 is 1.23 bits per heavy atom. The zero-order valence-corrected chi connectivity index (χ0v) is 11.6. The Labute approximate surface area is 125 Å². The van der Waals surface area contributed by atoms with E-state index in [1.807, 2.05) is 0 Å². The van der Waals surface area contributed by atoms with Crippen LogP contribution in [-0.4, -0.2) is 24.4 Å². The Kier molecular flexibility index (Phi) is 4.82. The second-order valence-corrected chi connectivity index (χ2v) is 4.99. The third kappa shape index (κ3) is 2.56. The smallest absolute Gasteiger partial charge is 0.225 e. The van der Waals surface area contributed by atoms with Crippen LogP contribution in [0.15, 0.2) is 28.7 Å². The van der Waals surface area contributed by atoms with Gasteiger partial charge in [0.25, 0.3) is 12.1 Å². The van der Waals surface area contributed by atoms with Crippen molar-refractivity contribution in [2.75, 3.05) is 0 Å². The van der Waals surface area contributed by atoms with Gasteiger partial charge in [-0.2, -0.15) is 30.7 Å². The van der Waals surface area contributed by atoms with Crippen LogP contribution in [0, 0.1) is 0 Å². The van der Waals surface area contributed by atoms with Gasteiger partial charge in [-0.3, -0.25) is 0 Å². The second kappa shape index (κ2) is 5.57. The number of hydrogen-bond acceptors (Lipinski definition) is 0. The molecule has 0 saturated heterocycles. The van der Waals surface area contributed by atoms with E-state index >= 15 is 0 Å². The van der Waals surface area contributed by atoms with Crippen LogP contribution in [0.2, 0.25) is 0 Å². The van der Waals surface area contributed by atoms with Crippen LogP contribution in [0.5, 0.6) is 0 Å². The predicted molar refractivity (Wildman–Crippen MR) is 58.9 cm³/mol. The maximum absolute atomic E-state index is 14.2. The van der Waals surface area contributed by atoms with E-state index < -0.39 is 40.2 Å². The normalized spacial score (nSPS) is 16.7. The van der Waals surface area contributed by atoms with E-state index in [2.05, 4.69) is 15.9 Å². The van der Waals surface area contributed by atoms with E-state index in [4.69, 9.17) is 0 Å². The van der Waals surface area contributed by atoms with Crippen molar-refractivity contribution >= 4 is 15.9 Å². The zero-order chi connectivity index (χ0) is 17.6. The quantitative estimate of drug-likeness (QED) is 0.561. The van der Waals surface area contributed by atoms with E-state index in [1.165, 1.54) is 0 Å². The highest BCUT2D eigenvalue weighted by molar-refractivity contribution is 9.10. The zero-order valence-electron chi connectivity index (χ0n) is 10.0. The van der Waals surface area contributed by atoms with Crippen LogP contribution in [-0.2, 0) is 5.67 Å². The molecule has 0 bridgehead atoms. The molecule has 0 radical (unpaired) electrons. The Balaban J connectivity index is 3.66. The number of rotatable bonds is 4. The fraction of sp³-hybridized carbons (Fsp3) is 0.455. The molecule has 1 atom stereocenters. The Morgan fingerprint density at radius 1 is 0.773 bits per heavy atom. The van der Waals surface area contributed by atoms with E-state index in [9.17, 15) is 43.9 Å². The Bertz CT molecular complexity index is 538. The SMILES string of the molecule is FC(F)C(F)(c1ccccc1Br)C(F)(F)C(F)(F)C(F)(F)F. The highest BCUT2D eigenvalue weighted by Crippen LogP contribution is 2.58. The molecule has 0 spiro atoms. The van der Waals surface area contributed by atoms with Gasteiger partial charge in [-0.15, -0.1) is 0 Å². The molecule has 0 saturated carbocycles. The summed E-state index contributed by atoms with van der Waals surface area (Å²) in [6.07, 6.45) is -11.8. The molecule has 0 aliphatic rings. The molecule has 0 aromatic heterocycles. The summed E-state index contributed by atoms with van der Waals surface area (Å²) in [5.41, 5.74) is -7.29. The first-order valence-corrected chi connectivity index (χ1v) is 6.05. The number of halogens is 11. The molecule has 126 valence electrons.